The predicted octanol–water partition coefficient (Wildman–Crippen LogP) is 4.90. The third kappa shape index (κ3) is 4.45. The van der Waals surface area contributed by atoms with Crippen LogP contribution in [0.5, 0.6) is 5.75 Å². The van der Waals surface area contributed by atoms with Crippen LogP contribution in [0, 0.1) is 20.8 Å². The maximum absolute atomic E-state index is 12.5. The summed E-state index contributed by atoms with van der Waals surface area (Å²) in [6.45, 7) is 6.22. The summed E-state index contributed by atoms with van der Waals surface area (Å²) in [5, 5.41) is 3.71. The number of rotatable bonds is 5. The molecule has 0 saturated heterocycles. The molecule has 0 spiro atoms. The van der Waals surface area contributed by atoms with Crippen LogP contribution in [0.4, 0.5) is 5.69 Å². The molecular formula is C20H20N2O2S. The van der Waals surface area contributed by atoms with Gasteiger partial charge in [-0.15, -0.1) is 11.3 Å². The zero-order chi connectivity index (χ0) is 17.8. The van der Waals surface area contributed by atoms with Gasteiger partial charge in [-0.2, -0.15) is 0 Å². The number of carbonyl (C=O) groups is 1. The quantitative estimate of drug-likeness (QED) is 0.710. The van der Waals surface area contributed by atoms with E-state index in [0.29, 0.717) is 11.5 Å². The van der Waals surface area contributed by atoms with Crippen LogP contribution in [0.15, 0.2) is 48.5 Å². The van der Waals surface area contributed by atoms with Crippen LogP contribution >= 0.6 is 11.3 Å². The summed E-state index contributed by atoms with van der Waals surface area (Å²) in [6.07, 6.45) is 0. The molecule has 0 bridgehead atoms. The number of benzene rings is 2. The molecule has 1 N–H and O–H groups in total. The van der Waals surface area contributed by atoms with Crippen LogP contribution in [0.1, 0.15) is 31.5 Å². The van der Waals surface area contributed by atoms with Crippen LogP contribution in [0.25, 0.3) is 0 Å². The first-order valence-electron chi connectivity index (χ1n) is 8.05. The molecule has 0 aliphatic heterocycles. The van der Waals surface area contributed by atoms with E-state index >= 15 is 0 Å². The van der Waals surface area contributed by atoms with E-state index in [1.807, 2.05) is 69.3 Å². The van der Waals surface area contributed by atoms with Gasteiger partial charge in [0.15, 0.2) is 0 Å². The van der Waals surface area contributed by atoms with E-state index in [1.165, 1.54) is 11.3 Å². The van der Waals surface area contributed by atoms with Crippen molar-refractivity contribution in [3.05, 3.63) is 75.2 Å². The zero-order valence-electron chi connectivity index (χ0n) is 14.5. The van der Waals surface area contributed by atoms with Gasteiger partial charge in [-0.25, -0.2) is 4.98 Å². The van der Waals surface area contributed by atoms with Gasteiger partial charge in [0.25, 0.3) is 5.91 Å². The van der Waals surface area contributed by atoms with Crippen molar-refractivity contribution >= 4 is 22.9 Å². The largest absolute Gasteiger partial charge is 0.486 e. The first-order valence-corrected chi connectivity index (χ1v) is 8.87. The summed E-state index contributed by atoms with van der Waals surface area (Å²) in [5.41, 5.74) is 3.76. The number of amides is 1. The highest BCUT2D eigenvalue weighted by Crippen LogP contribution is 2.22. The predicted molar refractivity (Wildman–Crippen MR) is 101 cm³/mol. The molecule has 0 saturated carbocycles. The molecule has 0 fully saturated rings. The summed E-state index contributed by atoms with van der Waals surface area (Å²) in [4.78, 5) is 17.6. The van der Waals surface area contributed by atoms with Gasteiger partial charge in [-0.05, 0) is 56.2 Å². The Morgan fingerprint density at radius 2 is 1.80 bits per heavy atom. The Bertz CT molecular complexity index is 902. The molecule has 1 heterocycles. The second-order valence-corrected chi connectivity index (χ2v) is 7.03. The van der Waals surface area contributed by atoms with E-state index < -0.39 is 0 Å². The summed E-state index contributed by atoms with van der Waals surface area (Å²) >= 11 is 1.37. The summed E-state index contributed by atoms with van der Waals surface area (Å²) in [7, 11) is 0. The van der Waals surface area contributed by atoms with Gasteiger partial charge in [0.05, 0.1) is 5.69 Å². The van der Waals surface area contributed by atoms with Gasteiger partial charge >= 0.3 is 0 Å². The standard InChI is InChI=1S/C20H20N2O2S/c1-13-6-4-8-16(10-13)22-20(23)19-15(3)21-18(25-19)12-24-17-9-5-7-14(2)11-17/h4-11H,12H2,1-3H3,(H,22,23). The van der Waals surface area contributed by atoms with E-state index in [2.05, 4.69) is 10.3 Å². The number of hydrogen-bond donors (Lipinski definition) is 1. The van der Waals surface area contributed by atoms with Gasteiger partial charge in [-0.1, -0.05) is 24.3 Å². The minimum absolute atomic E-state index is 0.137. The molecule has 1 amide bonds. The Kier molecular flexibility index (Phi) is 5.14. The minimum Gasteiger partial charge on any atom is -0.486 e. The maximum atomic E-state index is 12.5. The second kappa shape index (κ2) is 7.49. The van der Waals surface area contributed by atoms with Crippen LogP contribution in [-0.4, -0.2) is 10.9 Å². The molecule has 25 heavy (non-hydrogen) atoms. The average molecular weight is 352 g/mol. The minimum atomic E-state index is -0.137. The second-order valence-electron chi connectivity index (χ2n) is 5.95. The number of nitrogens with one attached hydrogen (secondary N) is 1. The van der Waals surface area contributed by atoms with Crippen molar-refractivity contribution in [3.8, 4) is 5.75 Å². The Labute approximate surface area is 151 Å². The number of ether oxygens (including phenoxy) is 1. The lowest BCUT2D eigenvalue weighted by molar-refractivity contribution is 0.103. The molecule has 0 aliphatic rings. The number of aryl methyl sites for hydroxylation is 3. The topological polar surface area (TPSA) is 51.2 Å². The monoisotopic (exact) mass is 352 g/mol. The van der Waals surface area contributed by atoms with Crippen molar-refractivity contribution in [2.75, 3.05) is 5.32 Å². The van der Waals surface area contributed by atoms with Crippen LogP contribution in [0.2, 0.25) is 0 Å². The van der Waals surface area contributed by atoms with Crippen LogP contribution in [0.3, 0.4) is 0 Å². The molecule has 3 rings (SSSR count). The van der Waals surface area contributed by atoms with Gasteiger partial charge in [0.2, 0.25) is 0 Å². The molecule has 0 aliphatic carbocycles. The molecule has 5 heteroatoms. The molecule has 1 aromatic heterocycles. The first-order chi connectivity index (χ1) is 12.0. The lowest BCUT2D eigenvalue weighted by Crippen LogP contribution is -2.11. The van der Waals surface area contributed by atoms with Gasteiger partial charge in [0.1, 0.15) is 22.2 Å². The number of thiazole rings is 1. The van der Waals surface area contributed by atoms with Crippen molar-refractivity contribution in [2.24, 2.45) is 0 Å². The molecule has 0 atom stereocenters. The first kappa shape index (κ1) is 17.2. The highest BCUT2D eigenvalue weighted by atomic mass is 32.1. The van der Waals surface area contributed by atoms with E-state index in [1.54, 1.807) is 0 Å². The molecule has 2 aromatic carbocycles. The summed E-state index contributed by atoms with van der Waals surface area (Å²) in [5.74, 6) is 0.668. The lowest BCUT2D eigenvalue weighted by Gasteiger charge is -2.05. The molecule has 3 aromatic rings. The maximum Gasteiger partial charge on any atom is 0.267 e. The lowest BCUT2D eigenvalue weighted by atomic mass is 10.2. The number of carbonyl (C=O) groups excluding carboxylic acids is 1. The summed E-state index contributed by atoms with van der Waals surface area (Å²) in [6, 6.07) is 15.6. The normalized spacial score (nSPS) is 10.5. The Balaban J connectivity index is 1.68. The zero-order valence-corrected chi connectivity index (χ0v) is 15.3. The van der Waals surface area contributed by atoms with E-state index in [-0.39, 0.29) is 5.91 Å². The molecule has 4 nitrogen and oxygen atoms in total. The van der Waals surface area contributed by atoms with Gasteiger partial charge in [-0.3, -0.25) is 4.79 Å². The summed E-state index contributed by atoms with van der Waals surface area (Å²) < 4.78 is 5.77. The molecular weight excluding hydrogens is 332 g/mol. The SMILES string of the molecule is Cc1cccc(NC(=O)c2sc(COc3cccc(C)c3)nc2C)c1. The highest BCUT2D eigenvalue weighted by molar-refractivity contribution is 7.13. The fourth-order valence-electron chi connectivity index (χ4n) is 2.49. The Hall–Kier alpha value is -2.66. The smallest absolute Gasteiger partial charge is 0.267 e. The van der Waals surface area contributed by atoms with E-state index in [0.717, 1.165) is 33.3 Å². The number of anilines is 1. The highest BCUT2D eigenvalue weighted by Gasteiger charge is 2.16. The van der Waals surface area contributed by atoms with Crippen LogP contribution < -0.4 is 10.1 Å². The molecule has 0 unspecified atom stereocenters. The fourth-order valence-corrected chi connectivity index (χ4v) is 3.36. The number of nitrogens with zero attached hydrogens (tertiary/aromatic N) is 1. The van der Waals surface area contributed by atoms with E-state index in [9.17, 15) is 4.79 Å². The van der Waals surface area contributed by atoms with Crippen LogP contribution in [-0.2, 0) is 6.61 Å². The van der Waals surface area contributed by atoms with Crippen molar-refractivity contribution in [3.63, 3.8) is 0 Å². The molecule has 0 radical (unpaired) electrons. The van der Waals surface area contributed by atoms with Gasteiger partial charge in [0, 0.05) is 5.69 Å². The Morgan fingerprint density at radius 1 is 1.08 bits per heavy atom. The fraction of sp³-hybridized carbons (Fsp3) is 0.200. The number of aromatic nitrogens is 1. The Morgan fingerprint density at radius 3 is 2.52 bits per heavy atom. The van der Waals surface area contributed by atoms with Gasteiger partial charge < -0.3 is 10.1 Å². The van der Waals surface area contributed by atoms with Crippen molar-refractivity contribution in [1.29, 1.82) is 0 Å². The third-order valence-electron chi connectivity index (χ3n) is 3.67. The van der Waals surface area contributed by atoms with Crippen molar-refractivity contribution in [2.45, 2.75) is 27.4 Å². The van der Waals surface area contributed by atoms with Crippen molar-refractivity contribution in [1.82, 2.24) is 4.98 Å². The molecule has 128 valence electrons. The third-order valence-corrected chi connectivity index (χ3v) is 4.80. The number of hydrogen-bond acceptors (Lipinski definition) is 4. The average Bonchev–Trinajstić information content (AvgIpc) is 2.94. The van der Waals surface area contributed by atoms with E-state index in [4.69, 9.17) is 4.74 Å². The van der Waals surface area contributed by atoms with Crippen molar-refractivity contribution < 1.29 is 9.53 Å².